The number of hydrogen-bond acceptors (Lipinski definition) is 5. The summed E-state index contributed by atoms with van der Waals surface area (Å²) in [5, 5.41) is 11.9. The number of aromatic nitrogens is 6. The van der Waals surface area contributed by atoms with Gasteiger partial charge in [0.25, 0.3) is 0 Å². The van der Waals surface area contributed by atoms with E-state index in [1.54, 1.807) is 6.20 Å². The van der Waals surface area contributed by atoms with Gasteiger partial charge in [0, 0.05) is 23.1 Å². The summed E-state index contributed by atoms with van der Waals surface area (Å²) in [7, 11) is 0. The molecule has 0 unspecified atom stereocenters. The van der Waals surface area contributed by atoms with Crippen molar-refractivity contribution in [1.29, 1.82) is 0 Å². The third kappa shape index (κ3) is 3.24. The van der Waals surface area contributed by atoms with Gasteiger partial charge in [0.1, 0.15) is 28.8 Å². The molecule has 140 valence electrons. The van der Waals surface area contributed by atoms with Crippen LogP contribution in [0.4, 0.5) is 8.78 Å². The highest BCUT2D eigenvalue weighted by Gasteiger charge is 2.20. The highest BCUT2D eigenvalue weighted by Crippen LogP contribution is 2.30. The van der Waals surface area contributed by atoms with Gasteiger partial charge in [-0.15, -0.1) is 5.10 Å². The van der Waals surface area contributed by atoms with Gasteiger partial charge in [-0.1, -0.05) is 44.2 Å². The minimum atomic E-state index is -0.719. The van der Waals surface area contributed by atoms with Gasteiger partial charge in [-0.25, -0.2) is 18.7 Å². The van der Waals surface area contributed by atoms with E-state index in [9.17, 15) is 8.78 Å². The Labute approximate surface area is 159 Å². The van der Waals surface area contributed by atoms with Crippen LogP contribution < -0.4 is 0 Å². The second kappa shape index (κ2) is 7.22. The fourth-order valence-corrected chi connectivity index (χ4v) is 2.82. The number of rotatable bonds is 4. The molecule has 28 heavy (non-hydrogen) atoms. The van der Waals surface area contributed by atoms with E-state index in [0.29, 0.717) is 23.0 Å². The van der Waals surface area contributed by atoms with E-state index in [0.717, 1.165) is 11.6 Å². The van der Waals surface area contributed by atoms with Crippen molar-refractivity contribution in [1.82, 2.24) is 30.2 Å². The van der Waals surface area contributed by atoms with Crippen molar-refractivity contribution < 1.29 is 8.78 Å². The quantitative estimate of drug-likeness (QED) is 0.533. The van der Waals surface area contributed by atoms with Crippen LogP contribution in [-0.4, -0.2) is 30.2 Å². The SMILES string of the molecule is CC(C)c1ncc(-n2nnnc2-c2ccccc2)c(-c2ccc(F)cc2F)n1. The number of tetrazole rings is 1. The highest BCUT2D eigenvalue weighted by molar-refractivity contribution is 5.71. The first-order valence-electron chi connectivity index (χ1n) is 8.71. The van der Waals surface area contributed by atoms with Crippen LogP contribution in [0.3, 0.4) is 0 Å². The van der Waals surface area contributed by atoms with Crippen LogP contribution in [0.2, 0.25) is 0 Å². The van der Waals surface area contributed by atoms with Crippen molar-refractivity contribution in [3.63, 3.8) is 0 Å². The minimum Gasteiger partial charge on any atom is -0.239 e. The Balaban J connectivity index is 1.95. The molecule has 2 aromatic heterocycles. The average Bonchev–Trinajstić information content (AvgIpc) is 3.18. The van der Waals surface area contributed by atoms with Gasteiger partial charge in [-0.2, -0.15) is 4.68 Å². The molecule has 2 heterocycles. The second-order valence-electron chi connectivity index (χ2n) is 6.52. The molecular weight excluding hydrogens is 362 g/mol. The van der Waals surface area contributed by atoms with E-state index in [-0.39, 0.29) is 11.5 Å². The highest BCUT2D eigenvalue weighted by atomic mass is 19.1. The Morgan fingerprint density at radius 3 is 2.50 bits per heavy atom. The number of benzene rings is 2. The van der Waals surface area contributed by atoms with Gasteiger partial charge >= 0.3 is 0 Å². The smallest absolute Gasteiger partial charge is 0.187 e. The largest absolute Gasteiger partial charge is 0.239 e. The van der Waals surface area contributed by atoms with Crippen LogP contribution in [0.5, 0.6) is 0 Å². The summed E-state index contributed by atoms with van der Waals surface area (Å²) in [5.74, 6) is -0.349. The van der Waals surface area contributed by atoms with Crippen LogP contribution >= 0.6 is 0 Å². The Kier molecular flexibility index (Phi) is 4.60. The van der Waals surface area contributed by atoms with Gasteiger partial charge in [0.15, 0.2) is 5.82 Å². The average molecular weight is 378 g/mol. The Hall–Kier alpha value is -3.55. The summed E-state index contributed by atoms with van der Waals surface area (Å²) >= 11 is 0. The normalized spacial score (nSPS) is 11.2. The van der Waals surface area contributed by atoms with Crippen molar-refractivity contribution in [2.45, 2.75) is 19.8 Å². The van der Waals surface area contributed by atoms with Gasteiger partial charge in [-0.3, -0.25) is 0 Å². The molecule has 0 aliphatic carbocycles. The standard InChI is InChI=1S/C20H16F2N6/c1-12(2)19-23-11-17(18(24-19)15-9-8-14(21)10-16(15)22)28-20(25-26-27-28)13-6-4-3-5-7-13/h3-12H,1-2H3. The van der Waals surface area contributed by atoms with Crippen molar-refractivity contribution in [3.8, 4) is 28.3 Å². The van der Waals surface area contributed by atoms with E-state index in [2.05, 4.69) is 25.5 Å². The first-order valence-corrected chi connectivity index (χ1v) is 8.71. The summed E-state index contributed by atoms with van der Waals surface area (Å²) in [6, 6.07) is 12.7. The zero-order chi connectivity index (χ0) is 19.7. The summed E-state index contributed by atoms with van der Waals surface area (Å²) in [6.45, 7) is 3.87. The summed E-state index contributed by atoms with van der Waals surface area (Å²) in [5.41, 5.74) is 1.63. The zero-order valence-corrected chi connectivity index (χ0v) is 15.2. The summed E-state index contributed by atoms with van der Waals surface area (Å²) in [4.78, 5) is 8.91. The monoisotopic (exact) mass is 378 g/mol. The molecule has 0 N–H and O–H groups in total. The molecular formula is C20H16F2N6. The van der Waals surface area contributed by atoms with Crippen LogP contribution in [0.25, 0.3) is 28.3 Å². The fourth-order valence-electron chi connectivity index (χ4n) is 2.82. The molecule has 4 rings (SSSR count). The molecule has 0 bridgehead atoms. The minimum absolute atomic E-state index is 0.0266. The van der Waals surface area contributed by atoms with E-state index < -0.39 is 11.6 Å². The molecule has 0 saturated heterocycles. The first-order chi connectivity index (χ1) is 13.5. The predicted octanol–water partition coefficient (Wildman–Crippen LogP) is 4.19. The van der Waals surface area contributed by atoms with Gasteiger partial charge in [-0.05, 0) is 22.6 Å². The van der Waals surface area contributed by atoms with E-state index in [1.807, 2.05) is 44.2 Å². The maximum absolute atomic E-state index is 14.6. The van der Waals surface area contributed by atoms with Crippen LogP contribution in [-0.2, 0) is 0 Å². The molecule has 0 spiro atoms. The maximum Gasteiger partial charge on any atom is 0.187 e. The van der Waals surface area contributed by atoms with Gasteiger partial charge in [0.2, 0.25) is 0 Å². The third-order valence-corrected chi connectivity index (χ3v) is 4.22. The number of nitrogens with zero attached hydrogens (tertiary/aromatic N) is 6. The molecule has 2 aromatic carbocycles. The molecule has 0 aliphatic heterocycles. The van der Waals surface area contributed by atoms with Gasteiger partial charge < -0.3 is 0 Å². The third-order valence-electron chi connectivity index (χ3n) is 4.22. The van der Waals surface area contributed by atoms with E-state index in [4.69, 9.17) is 0 Å². The van der Waals surface area contributed by atoms with Crippen molar-refractivity contribution in [2.24, 2.45) is 0 Å². The molecule has 0 radical (unpaired) electrons. The number of hydrogen-bond donors (Lipinski definition) is 0. The Bertz CT molecular complexity index is 1120. The van der Waals surface area contributed by atoms with Gasteiger partial charge in [0.05, 0.1) is 6.20 Å². The van der Waals surface area contributed by atoms with Crippen LogP contribution in [0.1, 0.15) is 25.6 Å². The fraction of sp³-hybridized carbons (Fsp3) is 0.150. The lowest BCUT2D eigenvalue weighted by atomic mass is 10.1. The molecule has 0 fully saturated rings. The lowest BCUT2D eigenvalue weighted by molar-refractivity contribution is 0.585. The maximum atomic E-state index is 14.6. The molecule has 8 heteroatoms. The summed E-state index contributed by atoms with van der Waals surface area (Å²) in [6.07, 6.45) is 1.56. The topological polar surface area (TPSA) is 69.4 Å². The van der Waals surface area contributed by atoms with Crippen molar-refractivity contribution in [2.75, 3.05) is 0 Å². The molecule has 0 aliphatic rings. The summed E-state index contributed by atoms with van der Waals surface area (Å²) < 4.78 is 29.4. The first kappa shape index (κ1) is 17.8. The second-order valence-corrected chi connectivity index (χ2v) is 6.52. The lowest BCUT2D eigenvalue weighted by Crippen LogP contribution is -2.08. The Morgan fingerprint density at radius 1 is 1.00 bits per heavy atom. The Morgan fingerprint density at radius 2 is 1.79 bits per heavy atom. The van der Waals surface area contributed by atoms with Crippen molar-refractivity contribution in [3.05, 3.63) is 72.2 Å². The molecule has 6 nitrogen and oxygen atoms in total. The van der Waals surface area contributed by atoms with Crippen molar-refractivity contribution >= 4 is 0 Å². The molecule has 0 amide bonds. The van der Waals surface area contributed by atoms with Crippen LogP contribution in [0.15, 0.2) is 54.7 Å². The van der Waals surface area contributed by atoms with Crippen LogP contribution in [0, 0.1) is 11.6 Å². The number of halogens is 2. The molecule has 0 atom stereocenters. The molecule has 4 aromatic rings. The lowest BCUT2D eigenvalue weighted by Gasteiger charge is -2.13. The molecule has 0 saturated carbocycles. The zero-order valence-electron chi connectivity index (χ0n) is 15.2. The predicted molar refractivity (Wildman–Crippen MR) is 99.6 cm³/mol. The van der Waals surface area contributed by atoms with E-state index in [1.165, 1.54) is 16.8 Å². The van der Waals surface area contributed by atoms with E-state index >= 15 is 0 Å².